The van der Waals surface area contributed by atoms with Gasteiger partial charge in [0.2, 0.25) is 23.6 Å². The van der Waals surface area contributed by atoms with E-state index >= 15 is 0 Å². The van der Waals surface area contributed by atoms with Gasteiger partial charge in [0.1, 0.15) is 18.1 Å². The standard InChI is InChI=1S/C18H31N5O8S/c1-8(2)14(23-15(27)9(19)7-32)17(29)21-10(4-6-13(25)26)16(28)22-11(18(30)31)3-5-12(20)24/h8-11,14,32H,3-7,19H2,1-2H3,(H2,20,24)(H,21,29)(H,22,28)(H,23,27)(H,25,26)(H,30,31). The summed E-state index contributed by atoms with van der Waals surface area (Å²) < 4.78 is 0. The maximum absolute atomic E-state index is 12.7. The zero-order chi connectivity index (χ0) is 25.0. The lowest BCUT2D eigenvalue weighted by Gasteiger charge is -2.26. The van der Waals surface area contributed by atoms with Crippen molar-refractivity contribution in [3.8, 4) is 0 Å². The number of hydrogen-bond acceptors (Lipinski definition) is 8. The first-order valence-corrected chi connectivity index (χ1v) is 10.4. The Morgan fingerprint density at radius 1 is 0.844 bits per heavy atom. The highest BCUT2D eigenvalue weighted by atomic mass is 32.1. The molecular weight excluding hydrogens is 446 g/mol. The van der Waals surface area contributed by atoms with E-state index in [9.17, 15) is 33.9 Å². The van der Waals surface area contributed by atoms with Crippen molar-refractivity contribution < 1.29 is 39.0 Å². The van der Waals surface area contributed by atoms with Gasteiger partial charge in [0.05, 0.1) is 6.04 Å². The monoisotopic (exact) mass is 477 g/mol. The van der Waals surface area contributed by atoms with E-state index in [2.05, 4.69) is 28.6 Å². The van der Waals surface area contributed by atoms with Crippen LogP contribution in [0.2, 0.25) is 0 Å². The smallest absolute Gasteiger partial charge is 0.326 e. The Labute approximate surface area is 190 Å². The van der Waals surface area contributed by atoms with Crippen LogP contribution in [-0.4, -0.2) is 75.7 Å². The number of carbonyl (C=O) groups is 6. The molecule has 4 amide bonds. The molecule has 9 N–H and O–H groups in total. The van der Waals surface area contributed by atoms with Crippen molar-refractivity contribution in [2.24, 2.45) is 17.4 Å². The van der Waals surface area contributed by atoms with Gasteiger partial charge in [0.15, 0.2) is 0 Å². The average molecular weight is 478 g/mol. The van der Waals surface area contributed by atoms with Crippen LogP contribution in [0.15, 0.2) is 0 Å². The number of rotatable bonds is 15. The second-order valence-electron chi connectivity index (χ2n) is 7.42. The normalized spacial score (nSPS) is 14.5. The second kappa shape index (κ2) is 14.2. The third-order valence-electron chi connectivity index (χ3n) is 4.35. The highest BCUT2D eigenvalue weighted by Crippen LogP contribution is 2.07. The van der Waals surface area contributed by atoms with E-state index in [0.717, 1.165) is 0 Å². The van der Waals surface area contributed by atoms with E-state index in [0.29, 0.717) is 0 Å². The van der Waals surface area contributed by atoms with Crippen LogP contribution in [0.25, 0.3) is 0 Å². The van der Waals surface area contributed by atoms with Crippen LogP contribution < -0.4 is 27.4 Å². The second-order valence-corrected chi connectivity index (χ2v) is 7.78. The van der Waals surface area contributed by atoms with Crippen LogP contribution >= 0.6 is 12.6 Å². The fourth-order valence-corrected chi connectivity index (χ4v) is 2.66. The highest BCUT2D eigenvalue weighted by Gasteiger charge is 2.31. The van der Waals surface area contributed by atoms with Crippen LogP contribution in [0, 0.1) is 5.92 Å². The van der Waals surface area contributed by atoms with Crippen molar-refractivity contribution >= 4 is 48.2 Å². The van der Waals surface area contributed by atoms with Gasteiger partial charge in [0, 0.05) is 18.6 Å². The molecule has 4 atom stereocenters. The number of hydrogen-bond donors (Lipinski definition) is 8. The van der Waals surface area contributed by atoms with Crippen molar-refractivity contribution in [1.82, 2.24) is 16.0 Å². The summed E-state index contributed by atoms with van der Waals surface area (Å²) >= 11 is 3.92. The van der Waals surface area contributed by atoms with Gasteiger partial charge in [0.25, 0.3) is 0 Å². The number of nitrogens with two attached hydrogens (primary N) is 2. The summed E-state index contributed by atoms with van der Waals surface area (Å²) in [7, 11) is 0. The van der Waals surface area contributed by atoms with Crippen molar-refractivity contribution in [2.75, 3.05) is 5.75 Å². The molecule has 0 saturated carbocycles. The minimum absolute atomic E-state index is 0.0315. The van der Waals surface area contributed by atoms with E-state index in [1.807, 2.05) is 0 Å². The van der Waals surface area contributed by atoms with Crippen molar-refractivity contribution in [3.63, 3.8) is 0 Å². The van der Waals surface area contributed by atoms with Gasteiger partial charge in [-0.3, -0.25) is 24.0 Å². The van der Waals surface area contributed by atoms with Crippen LogP contribution in [0.3, 0.4) is 0 Å². The predicted molar refractivity (Wildman–Crippen MR) is 115 cm³/mol. The number of nitrogens with one attached hydrogen (secondary N) is 3. The summed E-state index contributed by atoms with van der Waals surface area (Å²) in [6.45, 7) is 3.26. The summed E-state index contributed by atoms with van der Waals surface area (Å²) in [4.78, 5) is 70.6. The number of amides is 4. The van der Waals surface area contributed by atoms with E-state index in [1.165, 1.54) is 0 Å². The lowest BCUT2D eigenvalue weighted by Crippen LogP contribution is -2.58. The van der Waals surface area contributed by atoms with E-state index in [-0.39, 0.29) is 25.0 Å². The minimum atomic E-state index is -1.48. The van der Waals surface area contributed by atoms with Gasteiger partial charge in [-0.15, -0.1) is 0 Å². The third-order valence-corrected chi connectivity index (χ3v) is 4.75. The fourth-order valence-electron chi connectivity index (χ4n) is 2.49. The predicted octanol–water partition coefficient (Wildman–Crippen LogP) is -2.43. The molecule has 0 aliphatic heterocycles. The minimum Gasteiger partial charge on any atom is -0.481 e. The molecule has 0 rings (SSSR count). The number of carboxylic acids is 2. The molecule has 4 unspecified atom stereocenters. The lowest BCUT2D eigenvalue weighted by molar-refractivity contribution is -0.143. The fraction of sp³-hybridized carbons (Fsp3) is 0.667. The van der Waals surface area contributed by atoms with Gasteiger partial charge in [-0.25, -0.2) is 4.79 Å². The van der Waals surface area contributed by atoms with E-state index in [4.69, 9.17) is 16.6 Å². The number of carbonyl (C=O) groups excluding carboxylic acids is 4. The molecule has 0 fully saturated rings. The summed E-state index contributed by atoms with van der Waals surface area (Å²) in [5.74, 6) is -6.22. The number of aliphatic carboxylic acids is 2. The Morgan fingerprint density at radius 2 is 1.38 bits per heavy atom. The molecule has 0 aliphatic carbocycles. The molecule has 0 saturated heterocycles. The summed E-state index contributed by atoms with van der Waals surface area (Å²) in [6, 6.07) is -4.96. The topological polar surface area (TPSA) is 231 Å². The number of thiol groups is 1. The zero-order valence-corrected chi connectivity index (χ0v) is 18.8. The molecule has 14 heteroatoms. The van der Waals surface area contributed by atoms with Gasteiger partial charge < -0.3 is 37.6 Å². The van der Waals surface area contributed by atoms with Crippen molar-refractivity contribution in [1.29, 1.82) is 0 Å². The number of carboxylic acid groups (broad SMARTS) is 2. The van der Waals surface area contributed by atoms with Gasteiger partial charge in [-0.05, 0) is 18.8 Å². The molecule has 13 nitrogen and oxygen atoms in total. The molecule has 0 aromatic carbocycles. The molecule has 0 aromatic heterocycles. The van der Waals surface area contributed by atoms with Crippen LogP contribution in [0.1, 0.15) is 39.5 Å². The molecule has 0 aromatic rings. The largest absolute Gasteiger partial charge is 0.481 e. The Hall–Kier alpha value is -2.87. The summed E-state index contributed by atoms with van der Waals surface area (Å²) in [5.41, 5.74) is 10.6. The van der Waals surface area contributed by atoms with Crippen molar-refractivity contribution in [2.45, 2.75) is 63.7 Å². The van der Waals surface area contributed by atoms with Gasteiger partial charge >= 0.3 is 11.9 Å². The molecule has 0 heterocycles. The maximum atomic E-state index is 12.7. The van der Waals surface area contributed by atoms with E-state index < -0.39 is 72.1 Å². The Morgan fingerprint density at radius 3 is 1.81 bits per heavy atom. The van der Waals surface area contributed by atoms with E-state index in [1.54, 1.807) is 13.8 Å². The van der Waals surface area contributed by atoms with Crippen molar-refractivity contribution in [3.05, 3.63) is 0 Å². The molecule has 32 heavy (non-hydrogen) atoms. The lowest BCUT2D eigenvalue weighted by atomic mass is 10.0. The third kappa shape index (κ3) is 10.9. The maximum Gasteiger partial charge on any atom is 0.326 e. The molecule has 0 bridgehead atoms. The van der Waals surface area contributed by atoms with Gasteiger partial charge in [-0.1, -0.05) is 13.8 Å². The van der Waals surface area contributed by atoms with Crippen LogP contribution in [-0.2, 0) is 28.8 Å². The average Bonchev–Trinajstić information content (AvgIpc) is 2.70. The zero-order valence-electron chi connectivity index (χ0n) is 17.9. The molecule has 0 radical (unpaired) electrons. The molecular formula is C18H31N5O8S. The number of primary amides is 1. The first kappa shape index (κ1) is 29.1. The Kier molecular flexibility index (Phi) is 13.0. The quantitative estimate of drug-likeness (QED) is 0.117. The van der Waals surface area contributed by atoms with Gasteiger partial charge in [-0.2, -0.15) is 12.6 Å². The van der Waals surface area contributed by atoms with Crippen LogP contribution in [0.4, 0.5) is 0 Å². The summed E-state index contributed by atoms with van der Waals surface area (Å²) in [5, 5.41) is 25.1. The Bertz CT molecular complexity index is 717. The molecule has 0 spiro atoms. The molecule has 182 valence electrons. The summed E-state index contributed by atoms with van der Waals surface area (Å²) in [6.07, 6.45) is -1.44. The highest BCUT2D eigenvalue weighted by molar-refractivity contribution is 7.80. The SMILES string of the molecule is CC(C)C(NC(=O)C(N)CS)C(=O)NC(CCC(=O)O)C(=O)NC(CCC(N)=O)C(=O)O. The Balaban J connectivity index is 5.48. The first-order valence-electron chi connectivity index (χ1n) is 9.80. The first-order chi connectivity index (χ1) is 14.8. The van der Waals surface area contributed by atoms with Crippen LogP contribution in [0.5, 0.6) is 0 Å². The molecule has 0 aliphatic rings.